The average Bonchev–Trinajstić information content (AvgIpc) is 3.09. The zero-order valence-corrected chi connectivity index (χ0v) is 13.5. The monoisotopic (exact) mass is 309 g/mol. The van der Waals surface area contributed by atoms with E-state index < -0.39 is 0 Å². The molecule has 1 aromatic carbocycles. The molecule has 2 aliphatic carbocycles. The van der Waals surface area contributed by atoms with Crippen molar-refractivity contribution in [1.29, 1.82) is 0 Å². The molecule has 1 nitrogen and oxygen atoms in total. The summed E-state index contributed by atoms with van der Waals surface area (Å²) in [5, 5.41) is 4.41. The van der Waals surface area contributed by atoms with E-state index in [-0.39, 0.29) is 5.82 Å². The van der Waals surface area contributed by atoms with Crippen molar-refractivity contribution in [3.8, 4) is 0 Å². The van der Waals surface area contributed by atoms with E-state index in [2.05, 4.69) is 12.2 Å². The van der Waals surface area contributed by atoms with Crippen LogP contribution >= 0.6 is 11.6 Å². The van der Waals surface area contributed by atoms with Gasteiger partial charge in [-0.2, -0.15) is 0 Å². The van der Waals surface area contributed by atoms with E-state index >= 15 is 0 Å². The molecule has 1 aromatic rings. The number of nitrogens with one attached hydrogen (secondary N) is 1. The van der Waals surface area contributed by atoms with Gasteiger partial charge in [-0.25, -0.2) is 4.39 Å². The van der Waals surface area contributed by atoms with Gasteiger partial charge in [0.1, 0.15) is 5.82 Å². The predicted octanol–water partition coefficient (Wildman–Crippen LogP) is 4.83. The highest BCUT2D eigenvalue weighted by Gasteiger charge is 2.42. The fourth-order valence-electron chi connectivity index (χ4n) is 4.43. The van der Waals surface area contributed by atoms with E-state index in [4.69, 9.17) is 11.6 Å². The summed E-state index contributed by atoms with van der Waals surface area (Å²) in [6.45, 7) is 3.23. The van der Waals surface area contributed by atoms with Gasteiger partial charge in [-0.05, 0) is 80.2 Å². The number of halogens is 2. The normalized spacial score (nSPS) is 29.0. The van der Waals surface area contributed by atoms with Gasteiger partial charge >= 0.3 is 0 Å². The van der Waals surface area contributed by atoms with E-state index in [9.17, 15) is 4.39 Å². The quantitative estimate of drug-likeness (QED) is 0.794. The molecule has 0 heterocycles. The van der Waals surface area contributed by atoms with Gasteiger partial charge in [0.15, 0.2) is 0 Å². The van der Waals surface area contributed by atoms with Gasteiger partial charge in [0, 0.05) is 11.1 Å². The Bertz CT molecular complexity index is 490. The molecule has 0 spiro atoms. The van der Waals surface area contributed by atoms with Crippen molar-refractivity contribution in [2.75, 3.05) is 6.54 Å². The summed E-state index contributed by atoms with van der Waals surface area (Å²) in [6, 6.07) is 5.18. The summed E-state index contributed by atoms with van der Waals surface area (Å²) in [5.41, 5.74) is 0.952. The number of rotatable bonds is 6. The minimum Gasteiger partial charge on any atom is -0.313 e. The minimum absolute atomic E-state index is 0.184. The molecule has 3 heteroatoms. The zero-order valence-electron chi connectivity index (χ0n) is 12.7. The van der Waals surface area contributed by atoms with Crippen LogP contribution in [0.1, 0.15) is 44.6 Å². The molecule has 4 unspecified atom stereocenters. The fourth-order valence-corrected chi connectivity index (χ4v) is 4.62. The Kier molecular flexibility index (Phi) is 4.85. The Morgan fingerprint density at radius 3 is 2.86 bits per heavy atom. The molecule has 116 valence electrons. The van der Waals surface area contributed by atoms with Crippen molar-refractivity contribution in [1.82, 2.24) is 5.32 Å². The Morgan fingerprint density at radius 2 is 2.19 bits per heavy atom. The van der Waals surface area contributed by atoms with E-state index in [1.165, 1.54) is 31.7 Å². The van der Waals surface area contributed by atoms with Gasteiger partial charge in [-0.15, -0.1) is 0 Å². The largest absolute Gasteiger partial charge is 0.313 e. The van der Waals surface area contributed by atoms with Crippen LogP contribution in [0, 0.1) is 23.6 Å². The molecule has 4 atom stereocenters. The molecule has 1 N–H and O–H groups in total. The smallest absolute Gasteiger partial charge is 0.123 e. The zero-order chi connectivity index (χ0) is 14.8. The number of hydrogen-bond acceptors (Lipinski definition) is 1. The highest BCUT2D eigenvalue weighted by Crippen LogP contribution is 2.50. The van der Waals surface area contributed by atoms with Gasteiger partial charge in [-0.1, -0.05) is 24.9 Å². The molecule has 2 bridgehead atoms. The standard InChI is InChI=1S/C18H25ClFN/c1-2-7-21-18(16-9-12-3-4-13(16)8-12)11-14-10-15(20)5-6-17(14)19/h5-6,10,12-13,16,18,21H,2-4,7-9,11H2,1H3. The molecule has 3 rings (SSSR count). The van der Waals surface area contributed by atoms with Crippen LogP contribution in [0.15, 0.2) is 18.2 Å². The van der Waals surface area contributed by atoms with Crippen LogP contribution in [-0.4, -0.2) is 12.6 Å². The molecule has 0 radical (unpaired) electrons. The van der Waals surface area contributed by atoms with E-state index in [0.29, 0.717) is 11.1 Å². The first kappa shape index (κ1) is 15.3. The van der Waals surface area contributed by atoms with Gasteiger partial charge in [0.25, 0.3) is 0 Å². The lowest BCUT2D eigenvalue weighted by Gasteiger charge is -2.32. The van der Waals surface area contributed by atoms with Crippen molar-refractivity contribution < 1.29 is 4.39 Å². The molecule has 21 heavy (non-hydrogen) atoms. The first-order valence-corrected chi connectivity index (χ1v) is 8.72. The highest BCUT2D eigenvalue weighted by atomic mass is 35.5. The first-order valence-electron chi connectivity index (χ1n) is 8.34. The predicted molar refractivity (Wildman–Crippen MR) is 86.1 cm³/mol. The van der Waals surface area contributed by atoms with Crippen molar-refractivity contribution in [3.63, 3.8) is 0 Å². The van der Waals surface area contributed by atoms with Gasteiger partial charge < -0.3 is 5.32 Å². The molecule has 0 amide bonds. The Balaban J connectivity index is 1.74. The summed E-state index contributed by atoms with van der Waals surface area (Å²) >= 11 is 6.27. The number of benzene rings is 1. The third-order valence-electron chi connectivity index (χ3n) is 5.41. The molecule has 2 aliphatic rings. The number of hydrogen-bond donors (Lipinski definition) is 1. The molecule has 0 saturated heterocycles. The Morgan fingerprint density at radius 1 is 1.33 bits per heavy atom. The first-order chi connectivity index (χ1) is 10.2. The third kappa shape index (κ3) is 3.43. The Labute approximate surface area is 132 Å². The van der Waals surface area contributed by atoms with E-state index in [1.54, 1.807) is 12.1 Å². The number of fused-ring (bicyclic) bond motifs is 2. The molecule has 2 fully saturated rings. The van der Waals surface area contributed by atoms with E-state index in [0.717, 1.165) is 42.7 Å². The van der Waals surface area contributed by atoms with Crippen LogP contribution in [0.4, 0.5) is 4.39 Å². The highest BCUT2D eigenvalue weighted by molar-refractivity contribution is 6.31. The molecule has 0 aromatic heterocycles. The molecule has 2 saturated carbocycles. The Hall–Kier alpha value is -0.600. The second kappa shape index (κ2) is 6.66. The van der Waals surface area contributed by atoms with Crippen molar-refractivity contribution >= 4 is 11.6 Å². The minimum atomic E-state index is -0.184. The van der Waals surface area contributed by atoms with Crippen molar-refractivity contribution in [2.45, 2.75) is 51.5 Å². The average molecular weight is 310 g/mol. The topological polar surface area (TPSA) is 12.0 Å². The second-order valence-corrected chi connectivity index (χ2v) is 7.25. The summed E-state index contributed by atoms with van der Waals surface area (Å²) < 4.78 is 13.5. The lowest BCUT2D eigenvalue weighted by molar-refractivity contribution is 0.247. The maximum atomic E-state index is 13.5. The maximum absolute atomic E-state index is 13.5. The van der Waals surface area contributed by atoms with Gasteiger partial charge in [0.05, 0.1) is 0 Å². The summed E-state index contributed by atoms with van der Waals surface area (Å²) in [7, 11) is 0. The lowest BCUT2D eigenvalue weighted by Crippen LogP contribution is -2.41. The summed E-state index contributed by atoms with van der Waals surface area (Å²) in [6.07, 6.45) is 7.54. The fraction of sp³-hybridized carbons (Fsp3) is 0.667. The lowest BCUT2D eigenvalue weighted by atomic mass is 9.81. The molecular weight excluding hydrogens is 285 g/mol. The van der Waals surface area contributed by atoms with E-state index in [1.807, 2.05) is 0 Å². The van der Waals surface area contributed by atoms with Crippen LogP contribution in [0.25, 0.3) is 0 Å². The van der Waals surface area contributed by atoms with Crippen molar-refractivity contribution in [2.24, 2.45) is 17.8 Å². The van der Waals surface area contributed by atoms with Gasteiger partial charge in [-0.3, -0.25) is 0 Å². The second-order valence-electron chi connectivity index (χ2n) is 6.84. The van der Waals surface area contributed by atoms with Crippen LogP contribution in [-0.2, 0) is 6.42 Å². The third-order valence-corrected chi connectivity index (χ3v) is 5.78. The SMILES string of the molecule is CCCNC(Cc1cc(F)ccc1Cl)C1CC2CCC1C2. The summed E-state index contributed by atoms with van der Waals surface area (Å²) in [4.78, 5) is 0. The maximum Gasteiger partial charge on any atom is 0.123 e. The van der Waals surface area contributed by atoms with Crippen molar-refractivity contribution in [3.05, 3.63) is 34.6 Å². The van der Waals surface area contributed by atoms with Crippen LogP contribution < -0.4 is 5.32 Å². The summed E-state index contributed by atoms with van der Waals surface area (Å²) in [5.74, 6) is 2.37. The molecular formula is C18H25ClFN. The van der Waals surface area contributed by atoms with Crippen LogP contribution in [0.3, 0.4) is 0 Å². The van der Waals surface area contributed by atoms with Crippen LogP contribution in [0.2, 0.25) is 5.02 Å². The van der Waals surface area contributed by atoms with Crippen LogP contribution in [0.5, 0.6) is 0 Å². The molecule has 0 aliphatic heterocycles. The van der Waals surface area contributed by atoms with Gasteiger partial charge in [0.2, 0.25) is 0 Å².